The van der Waals surface area contributed by atoms with Gasteiger partial charge in [-0.2, -0.15) is 9.97 Å². The number of likely N-dealkylation sites (tertiary alicyclic amines) is 1. The Balaban J connectivity index is 1.35. The van der Waals surface area contributed by atoms with E-state index in [1.807, 2.05) is 12.1 Å². The second-order valence-electron chi connectivity index (χ2n) is 8.50. The van der Waals surface area contributed by atoms with Crippen molar-refractivity contribution in [2.45, 2.75) is 18.9 Å². The molecule has 9 nitrogen and oxygen atoms in total. The molecule has 2 aliphatic rings. The third-order valence-corrected chi connectivity index (χ3v) is 6.53. The predicted molar refractivity (Wildman–Crippen MR) is 135 cm³/mol. The summed E-state index contributed by atoms with van der Waals surface area (Å²) in [7, 11) is 0. The third kappa shape index (κ3) is 4.80. The van der Waals surface area contributed by atoms with Gasteiger partial charge < -0.3 is 30.2 Å². The highest BCUT2D eigenvalue weighted by atomic mass is 35.5. The van der Waals surface area contributed by atoms with Crippen molar-refractivity contribution >= 4 is 51.7 Å². The van der Waals surface area contributed by atoms with Gasteiger partial charge in [-0.05, 0) is 43.2 Å². The lowest BCUT2D eigenvalue weighted by Crippen LogP contribution is -2.44. The molecule has 3 N–H and O–H groups in total. The summed E-state index contributed by atoms with van der Waals surface area (Å²) in [5, 5.41) is 8.09. The largest absolute Gasteiger partial charge is 0.378 e. The van der Waals surface area contributed by atoms with Gasteiger partial charge in [-0.3, -0.25) is 4.79 Å². The van der Waals surface area contributed by atoms with Crippen molar-refractivity contribution in [2.75, 3.05) is 54.9 Å². The lowest BCUT2D eigenvalue weighted by molar-refractivity contribution is -0.127. The van der Waals surface area contributed by atoms with Crippen LogP contribution in [0.5, 0.6) is 0 Å². The second-order valence-corrected chi connectivity index (χ2v) is 8.91. The Kier molecular flexibility index (Phi) is 6.55. The van der Waals surface area contributed by atoms with E-state index in [1.165, 1.54) is 11.8 Å². The molecule has 0 aliphatic carbocycles. The smallest absolute Gasteiger partial charge is 0.246 e. The molecule has 0 spiro atoms. The van der Waals surface area contributed by atoms with E-state index in [0.717, 1.165) is 56.8 Å². The summed E-state index contributed by atoms with van der Waals surface area (Å²) >= 11 is 6.44. The molecule has 3 aromatic rings. The van der Waals surface area contributed by atoms with Gasteiger partial charge in [0.1, 0.15) is 11.5 Å². The average Bonchev–Trinajstić information content (AvgIpc) is 3.25. The Bertz CT molecular complexity index is 1170. The summed E-state index contributed by atoms with van der Waals surface area (Å²) < 4.78 is 5.44. The molecule has 10 heteroatoms. The molecular weight excluding hydrogens is 454 g/mol. The maximum atomic E-state index is 12.1. The van der Waals surface area contributed by atoms with E-state index < -0.39 is 0 Å². The van der Waals surface area contributed by atoms with E-state index in [1.54, 1.807) is 11.1 Å². The highest BCUT2D eigenvalue weighted by Crippen LogP contribution is 2.31. The summed E-state index contributed by atoms with van der Waals surface area (Å²) in [5.41, 5.74) is 2.70. The zero-order valence-electron chi connectivity index (χ0n) is 18.9. The van der Waals surface area contributed by atoms with E-state index in [2.05, 4.69) is 44.2 Å². The second kappa shape index (κ2) is 9.90. The highest BCUT2D eigenvalue weighted by Gasteiger charge is 2.24. The molecule has 1 aromatic carbocycles. The molecule has 1 amide bonds. The van der Waals surface area contributed by atoms with Crippen LogP contribution in [0.4, 0.5) is 23.1 Å². The Labute approximate surface area is 203 Å². The minimum Gasteiger partial charge on any atom is -0.378 e. The first-order valence-electron chi connectivity index (χ1n) is 11.5. The first-order chi connectivity index (χ1) is 16.6. The molecular formula is C24H28ClN7O2. The Morgan fingerprint density at radius 2 is 2.00 bits per heavy atom. The van der Waals surface area contributed by atoms with Crippen molar-refractivity contribution in [3.63, 3.8) is 0 Å². The number of anilines is 4. The zero-order valence-corrected chi connectivity index (χ0v) is 19.6. The highest BCUT2D eigenvalue weighted by molar-refractivity contribution is 6.36. The number of aromatic nitrogens is 3. The third-order valence-electron chi connectivity index (χ3n) is 6.23. The van der Waals surface area contributed by atoms with Crippen molar-refractivity contribution in [1.29, 1.82) is 0 Å². The average molecular weight is 482 g/mol. The number of ether oxygens (including phenoxy) is 1. The van der Waals surface area contributed by atoms with Crippen molar-refractivity contribution < 1.29 is 9.53 Å². The van der Waals surface area contributed by atoms with Gasteiger partial charge in [0, 0.05) is 49.8 Å². The number of carbonyl (C=O) groups is 1. The standard InChI is InChI=1S/C24H28ClN7O2/c1-2-20(33)32-9-3-4-17(15-32)27-23-21-19(25)14-26-22(21)29-24(30-23)28-16-5-7-18(8-6-16)31-10-12-34-13-11-31/h2,5-8,14,17H,1,3-4,9-13,15H2,(H3,26,27,28,29,30). The number of benzene rings is 1. The summed E-state index contributed by atoms with van der Waals surface area (Å²) in [6.07, 6.45) is 4.91. The van der Waals surface area contributed by atoms with Crippen LogP contribution in [0.15, 0.2) is 43.1 Å². The predicted octanol–water partition coefficient (Wildman–Crippen LogP) is 3.78. The van der Waals surface area contributed by atoms with Gasteiger partial charge >= 0.3 is 0 Å². The van der Waals surface area contributed by atoms with Crippen LogP contribution in [0, 0.1) is 0 Å². The first kappa shape index (κ1) is 22.5. The Morgan fingerprint density at radius 3 is 2.76 bits per heavy atom. The van der Waals surface area contributed by atoms with Gasteiger partial charge in [0.2, 0.25) is 11.9 Å². The number of amides is 1. The Morgan fingerprint density at radius 1 is 1.21 bits per heavy atom. The van der Waals surface area contributed by atoms with Gasteiger partial charge in [-0.1, -0.05) is 18.2 Å². The summed E-state index contributed by atoms with van der Waals surface area (Å²) in [6, 6.07) is 8.27. The maximum absolute atomic E-state index is 12.1. The van der Waals surface area contributed by atoms with E-state index in [4.69, 9.17) is 21.3 Å². The van der Waals surface area contributed by atoms with Crippen LogP contribution in [-0.2, 0) is 9.53 Å². The van der Waals surface area contributed by atoms with Crippen LogP contribution in [0.2, 0.25) is 5.02 Å². The monoisotopic (exact) mass is 481 g/mol. The molecule has 0 radical (unpaired) electrons. The van der Waals surface area contributed by atoms with Gasteiger partial charge in [-0.25, -0.2) is 0 Å². The minimum absolute atomic E-state index is 0.0538. The molecule has 2 aromatic heterocycles. The van der Waals surface area contributed by atoms with E-state index in [0.29, 0.717) is 29.0 Å². The number of aromatic amines is 1. The number of halogens is 1. The molecule has 2 fully saturated rings. The molecule has 1 unspecified atom stereocenters. The quantitative estimate of drug-likeness (QED) is 0.461. The van der Waals surface area contributed by atoms with Crippen LogP contribution in [0.3, 0.4) is 0 Å². The molecule has 34 heavy (non-hydrogen) atoms. The van der Waals surface area contributed by atoms with Crippen molar-refractivity contribution in [3.05, 3.63) is 48.1 Å². The van der Waals surface area contributed by atoms with Crippen molar-refractivity contribution in [1.82, 2.24) is 19.9 Å². The molecule has 2 saturated heterocycles. The molecule has 2 aliphatic heterocycles. The maximum Gasteiger partial charge on any atom is 0.246 e. The van der Waals surface area contributed by atoms with Crippen molar-refractivity contribution in [3.8, 4) is 0 Å². The minimum atomic E-state index is -0.0538. The lowest BCUT2D eigenvalue weighted by Gasteiger charge is -2.33. The summed E-state index contributed by atoms with van der Waals surface area (Å²) in [4.78, 5) is 28.7. The number of nitrogens with zero attached hydrogens (tertiary/aromatic N) is 4. The fourth-order valence-electron chi connectivity index (χ4n) is 4.48. The molecule has 1 atom stereocenters. The molecule has 0 bridgehead atoms. The van der Waals surface area contributed by atoms with Gasteiger partial charge in [0.25, 0.3) is 0 Å². The SMILES string of the molecule is C=CC(=O)N1CCCC(Nc2nc(Nc3ccc(N4CCOCC4)cc3)nc3[nH]cc(Cl)c23)C1. The number of nitrogens with one attached hydrogen (secondary N) is 3. The van der Waals surface area contributed by atoms with E-state index >= 15 is 0 Å². The van der Waals surface area contributed by atoms with Crippen LogP contribution in [0.25, 0.3) is 11.0 Å². The molecule has 0 saturated carbocycles. The normalized spacial score (nSPS) is 18.7. The topological polar surface area (TPSA) is 98.4 Å². The fourth-order valence-corrected chi connectivity index (χ4v) is 4.71. The summed E-state index contributed by atoms with van der Waals surface area (Å²) in [5.74, 6) is 1.05. The number of piperidine rings is 1. The van der Waals surface area contributed by atoms with Crippen LogP contribution in [-0.4, -0.2) is 71.2 Å². The number of fused-ring (bicyclic) bond motifs is 1. The van der Waals surface area contributed by atoms with Gasteiger partial charge in [-0.15, -0.1) is 0 Å². The number of carbonyl (C=O) groups excluding carboxylic acids is 1. The summed E-state index contributed by atoms with van der Waals surface area (Å²) in [6.45, 7) is 8.22. The van der Waals surface area contributed by atoms with E-state index in [9.17, 15) is 4.79 Å². The van der Waals surface area contributed by atoms with Gasteiger partial charge in [0.05, 0.1) is 23.6 Å². The number of H-pyrrole nitrogens is 1. The fraction of sp³-hybridized carbons (Fsp3) is 0.375. The molecule has 5 rings (SSSR count). The lowest BCUT2D eigenvalue weighted by atomic mass is 10.1. The van der Waals surface area contributed by atoms with Crippen LogP contribution >= 0.6 is 11.6 Å². The number of rotatable bonds is 6. The zero-order chi connectivity index (χ0) is 23.5. The molecule has 178 valence electrons. The number of hydrogen-bond donors (Lipinski definition) is 3. The van der Waals surface area contributed by atoms with Crippen LogP contribution in [0.1, 0.15) is 12.8 Å². The van der Waals surface area contributed by atoms with Gasteiger partial charge in [0.15, 0.2) is 0 Å². The Hall–Kier alpha value is -3.30. The van der Waals surface area contributed by atoms with Crippen LogP contribution < -0.4 is 15.5 Å². The first-order valence-corrected chi connectivity index (χ1v) is 11.9. The number of morpholine rings is 1. The van der Waals surface area contributed by atoms with Crippen molar-refractivity contribution in [2.24, 2.45) is 0 Å². The number of hydrogen-bond acceptors (Lipinski definition) is 7. The van der Waals surface area contributed by atoms with E-state index in [-0.39, 0.29) is 11.9 Å². The molecule has 4 heterocycles.